The molecule has 0 aliphatic heterocycles. The summed E-state index contributed by atoms with van der Waals surface area (Å²) in [7, 11) is 0. The van der Waals surface area contributed by atoms with Gasteiger partial charge in [0.25, 0.3) is 0 Å². The van der Waals surface area contributed by atoms with E-state index in [9.17, 15) is 4.79 Å². The summed E-state index contributed by atoms with van der Waals surface area (Å²) in [5, 5.41) is 6.39. The molecule has 0 bridgehead atoms. The first-order chi connectivity index (χ1) is 7.22. The van der Waals surface area contributed by atoms with Crippen LogP contribution in [-0.2, 0) is 0 Å². The minimum Gasteiger partial charge on any atom is -0.337 e. The fourth-order valence-electron chi connectivity index (χ4n) is 0.952. The molecule has 0 aliphatic rings. The Balaban J connectivity index is 2.48. The molecule has 80 valence electrons. The van der Waals surface area contributed by atoms with Gasteiger partial charge in [-0.1, -0.05) is 12.1 Å². The standard InChI is InChI=1S/C10H12IN3O/c1-2-12-10(15)14-13-7-8-4-3-5-9(11)6-8/h3-7H,2H2,1H3,(H2,12,14,15)/b13-7+. The SMILES string of the molecule is CCNC(=O)N/N=C/c1cccc(I)c1. The molecule has 5 heteroatoms. The van der Waals surface area contributed by atoms with Crippen LogP contribution in [0.2, 0.25) is 0 Å². The summed E-state index contributed by atoms with van der Waals surface area (Å²) in [5.41, 5.74) is 3.33. The Labute approximate surface area is 102 Å². The van der Waals surface area contributed by atoms with Crippen molar-refractivity contribution in [3.05, 3.63) is 33.4 Å². The van der Waals surface area contributed by atoms with Crippen LogP contribution in [-0.4, -0.2) is 18.8 Å². The van der Waals surface area contributed by atoms with Gasteiger partial charge in [-0.05, 0) is 47.2 Å². The molecule has 0 saturated heterocycles. The highest BCUT2D eigenvalue weighted by molar-refractivity contribution is 14.1. The van der Waals surface area contributed by atoms with Crippen LogP contribution < -0.4 is 10.7 Å². The molecule has 1 rings (SSSR count). The second kappa shape index (κ2) is 6.39. The van der Waals surface area contributed by atoms with Gasteiger partial charge in [0.15, 0.2) is 0 Å². The summed E-state index contributed by atoms with van der Waals surface area (Å²) in [6, 6.07) is 7.54. The molecule has 0 aromatic heterocycles. The van der Waals surface area contributed by atoms with Gasteiger partial charge in [-0.15, -0.1) is 0 Å². The Morgan fingerprint density at radius 2 is 2.40 bits per heavy atom. The number of nitrogens with one attached hydrogen (secondary N) is 2. The molecule has 1 aromatic rings. The van der Waals surface area contributed by atoms with E-state index in [1.807, 2.05) is 31.2 Å². The maximum atomic E-state index is 11.0. The zero-order valence-electron chi connectivity index (χ0n) is 8.33. The van der Waals surface area contributed by atoms with Gasteiger partial charge >= 0.3 is 6.03 Å². The van der Waals surface area contributed by atoms with Crippen molar-refractivity contribution in [3.63, 3.8) is 0 Å². The Kier molecular flexibility index (Phi) is 5.09. The van der Waals surface area contributed by atoms with Gasteiger partial charge in [0.1, 0.15) is 0 Å². The minimum absolute atomic E-state index is 0.292. The van der Waals surface area contributed by atoms with E-state index in [4.69, 9.17) is 0 Å². The van der Waals surface area contributed by atoms with Gasteiger partial charge in [0, 0.05) is 10.1 Å². The lowest BCUT2D eigenvalue weighted by Gasteiger charge is -1.99. The second-order valence-corrected chi connectivity index (χ2v) is 4.03. The van der Waals surface area contributed by atoms with Crippen LogP contribution in [0, 0.1) is 3.57 Å². The molecule has 0 aliphatic carbocycles. The van der Waals surface area contributed by atoms with E-state index >= 15 is 0 Å². The zero-order chi connectivity index (χ0) is 11.1. The molecule has 0 spiro atoms. The summed E-state index contributed by atoms with van der Waals surface area (Å²) < 4.78 is 1.13. The normalized spacial score (nSPS) is 10.3. The van der Waals surface area contributed by atoms with Crippen LogP contribution >= 0.6 is 22.6 Å². The fourth-order valence-corrected chi connectivity index (χ4v) is 1.52. The third kappa shape index (κ3) is 4.78. The lowest BCUT2D eigenvalue weighted by atomic mass is 10.2. The van der Waals surface area contributed by atoms with Crippen molar-refractivity contribution < 1.29 is 4.79 Å². The highest BCUT2D eigenvalue weighted by Gasteiger charge is 1.93. The molecule has 15 heavy (non-hydrogen) atoms. The highest BCUT2D eigenvalue weighted by atomic mass is 127. The van der Waals surface area contributed by atoms with E-state index in [1.54, 1.807) is 6.21 Å². The molecule has 4 nitrogen and oxygen atoms in total. The van der Waals surface area contributed by atoms with E-state index in [1.165, 1.54) is 0 Å². The number of benzene rings is 1. The number of hydrazone groups is 1. The molecule has 0 radical (unpaired) electrons. The van der Waals surface area contributed by atoms with Gasteiger partial charge in [-0.3, -0.25) is 0 Å². The number of carbonyl (C=O) groups excluding carboxylic acids is 1. The molecule has 0 fully saturated rings. The Morgan fingerprint density at radius 3 is 3.07 bits per heavy atom. The van der Waals surface area contributed by atoms with Crippen LogP contribution in [0.15, 0.2) is 29.4 Å². The Hall–Kier alpha value is -1.11. The summed E-state index contributed by atoms with van der Waals surface area (Å²) in [5.74, 6) is 0. The summed E-state index contributed by atoms with van der Waals surface area (Å²) in [4.78, 5) is 11.0. The molecular formula is C10H12IN3O. The number of halogens is 1. The zero-order valence-corrected chi connectivity index (χ0v) is 10.5. The Bertz CT molecular complexity index is 365. The number of rotatable bonds is 3. The quantitative estimate of drug-likeness (QED) is 0.500. The first-order valence-corrected chi connectivity index (χ1v) is 5.62. The van der Waals surface area contributed by atoms with E-state index < -0.39 is 0 Å². The molecule has 2 amide bonds. The van der Waals surface area contributed by atoms with Gasteiger partial charge < -0.3 is 5.32 Å². The molecule has 0 atom stereocenters. The maximum Gasteiger partial charge on any atom is 0.335 e. The van der Waals surface area contributed by atoms with Crippen molar-refractivity contribution in [2.24, 2.45) is 5.10 Å². The van der Waals surface area contributed by atoms with E-state index in [-0.39, 0.29) is 6.03 Å². The fraction of sp³-hybridized carbons (Fsp3) is 0.200. The topological polar surface area (TPSA) is 53.5 Å². The third-order valence-electron chi connectivity index (χ3n) is 1.57. The number of urea groups is 1. The van der Waals surface area contributed by atoms with E-state index in [2.05, 4.69) is 38.4 Å². The van der Waals surface area contributed by atoms with Crippen molar-refractivity contribution in [1.82, 2.24) is 10.7 Å². The van der Waals surface area contributed by atoms with Gasteiger partial charge in [-0.25, -0.2) is 10.2 Å². The molecule has 0 heterocycles. The monoisotopic (exact) mass is 317 g/mol. The molecule has 0 saturated carbocycles. The van der Waals surface area contributed by atoms with Crippen LogP contribution in [0.4, 0.5) is 4.79 Å². The van der Waals surface area contributed by atoms with Crippen LogP contribution in [0.1, 0.15) is 12.5 Å². The van der Waals surface area contributed by atoms with Crippen molar-refractivity contribution in [2.45, 2.75) is 6.92 Å². The van der Waals surface area contributed by atoms with Crippen molar-refractivity contribution in [2.75, 3.05) is 6.54 Å². The number of hydrogen-bond donors (Lipinski definition) is 2. The van der Waals surface area contributed by atoms with Gasteiger partial charge in [-0.2, -0.15) is 5.10 Å². The summed E-state index contributed by atoms with van der Waals surface area (Å²) in [6.07, 6.45) is 1.61. The lowest BCUT2D eigenvalue weighted by molar-refractivity contribution is 0.242. The first-order valence-electron chi connectivity index (χ1n) is 4.55. The third-order valence-corrected chi connectivity index (χ3v) is 2.24. The predicted octanol–water partition coefficient (Wildman–Crippen LogP) is 1.94. The number of hydrogen-bond acceptors (Lipinski definition) is 2. The van der Waals surface area contributed by atoms with E-state index in [0.29, 0.717) is 6.54 Å². The van der Waals surface area contributed by atoms with Crippen molar-refractivity contribution in [1.29, 1.82) is 0 Å². The first kappa shape index (κ1) is 12.0. The van der Waals surface area contributed by atoms with Crippen LogP contribution in [0.25, 0.3) is 0 Å². The molecule has 0 unspecified atom stereocenters. The smallest absolute Gasteiger partial charge is 0.335 e. The summed E-state index contributed by atoms with van der Waals surface area (Å²) >= 11 is 2.22. The minimum atomic E-state index is -0.292. The molecule has 1 aromatic carbocycles. The van der Waals surface area contributed by atoms with Crippen molar-refractivity contribution in [3.8, 4) is 0 Å². The highest BCUT2D eigenvalue weighted by Crippen LogP contribution is 2.05. The predicted molar refractivity (Wildman–Crippen MR) is 69.0 cm³/mol. The van der Waals surface area contributed by atoms with E-state index in [0.717, 1.165) is 9.13 Å². The second-order valence-electron chi connectivity index (χ2n) is 2.78. The number of carbonyl (C=O) groups is 1. The summed E-state index contributed by atoms with van der Waals surface area (Å²) in [6.45, 7) is 2.44. The number of nitrogens with zero attached hydrogens (tertiary/aromatic N) is 1. The molecule has 2 N–H and O–H groups in total. The number of amides is 2. The maximum absolute atomic E-state index is 11.0. The van der Waals surface area contributed by atoms with Crippen LogP contribution in [0.3, 0.4) is 0 Å². The average Bonchev–Trinajstić information content (AvgIpc) is 2.18. The van der Waals surface area contributed by atoms with Crippen LogP contribution in [0.5, 0.6) is 0 Å². The average molecular weight is 317 g/mol. The molecular weight excluding hydrogens is 305 g/mol. The van der Waals surface area contributed by atoms with Gasteiger partial charge in [0.2, 0.25) is 0 Å². The largest absolute Gasteiger partial charge is 0.337 e. The lowest BCUT2D eigenvalue weighted by Crippen LogP contribution is -2.31. The van der Waals surface area contributed by atoms with Gasteiger partial charge in [0.05, 0.1) is 6.21 Å². The Morgan fingerprint density at radius 1 is 1.60 bits per heavy atom. The van der Waals surface area contributed by atoms with Crippen molar-refractivity contribution >= 4 is 34.8 Å².